The zero-order chi connectivity index (χ0) is 13.7. The molecular formula is C13H19N3O2S. The van der Waals surface area contributed by atoms with Crippen LogP contribution in [-0.2, 0) is 16.4 Å². The van der Waals surface area contributed by atoms with E-state index in [0.717, 1.165) is 12.0 Å². The highest BCUT2D eigenvalue weighted by atomic mass is 32.2. The van der Waals surface area contributed by atoms with Gasteiger partial charge in [0.15, 0.2) is 15.8 Å². The Morgan fingerprint density at radius 2 is 2.11 bits per heavy atom. The van der Waals surface area contributed by atoms with Crippen molar-refractivity contribution >= 4 is 15.8 Å². The Bertz CT molecular complexity index is 540. The third kappa shape index (κ3) is 4.55. The van der Waals surface area contributed by atoms with Crippen LogP contribution < -0.4 is 11.1 Å². The number of sulfone groups is 1. The normalized spacial score (nSPS) is 22.9. The quantitative estimate of drug-likeness (QED) is 0.630. The first-order chi connectivity index (χ1) is 9.05. The first-order valence-electron chi connectivity index (χ1n) is 6.36. The van der Waals surface area contributed by atoms with Crippen LogP contribution in [0.2, 0.25) is 0 Å². The average Bonchev–Trinajstić information content (AvgIpc) is 2.36. The molecule has 0 aromatic heterocycles. The molecule has 5 nitrogen and oxygen atoms in total. The third-order valence-electron chi connectivity index (χ3n) is 3.09. The highest BCUT2D eigenvalue weighted by Gasteiger charge is 2.24. The minimum atomic E-state index is -2.92. The Kier molecular flexibility index (Phi) is 4.42. The number of aliphatic imine (C=N–C) groups is 1. The molecule has 0 radical (unpaired) electrons. The van der Waals surface area contributed by atoms with E-state index in [0.29, 0.717) is 18.9 Å². The molecule has 1 aromatic carbocycles. The van der Waals surface area contributed by atoms with Gasteiger partial charge < -0.3 is 11.1 Å². The molecule has 0 bridgehead atoms. The monoisotopic (exact) mass is 281 g/mol. The molecule has 1 fully saturated rings. The number of nitrogens with zero attached hydrogens (tertiary/aromatic N) is 1. The lowest BCUT2D eigenvalue weighted by Gasteiger charge is -2.23. The molecule has 1 saturated heterocycles. The van der Waals surface area contributed by atoms with Crippen LogP contribution in [0.1, 0.15) is 18.4 Å². The Hall–Kier alpha value is -1.56. The molecule has 1 aliphatic rings. The number of guanidine groups is 1. The fourth-order valence-electron chi connectivity index (χ4n) is 2.15. The maximum absolute atomic E-state index is 11.5. The van der Waals surface area contributed by atoms with E-state index in [1.54, 1.807) is 0 Å². The molecule has 0 aliphatic carbocycles. The van der Waals surface area contributed by atoms with Crippen molar-refractivity contribution in [2.45, 2.75) is 25.4 Å². The second-order valence-electron chi connectivity index (χ2n) is 4.78. The minimum absolute atomic E-state index is 0.113. The number of hydrogen-bond donors (Lipinski definition) is 2. The van der Waals surface area contributed by atoms with E-state index < -0.39 is 9.84 Å². The molecule has 0 saturated carbocycles. The molecule has 0 spiro atoms. The van der Waals surface area contributed by atoms with Crippen LogP contribution >= 0.6 is 0 Å². The van der Waals surface area contributed by atoms with Gasteiger partial charge in [-0.05, 0) is 18.4 Å². The summed E-state index contributed by atoms with van der Waals surface area (Å²) < 4.78 is 23.0. The van der Waals surface area contributed by atoms with E-state index in [4.69, 9.17) is 5.73 Å². The zero-order valence-electron chi connectivity index (χ0n) is 10.7. The summed E-state index contributed by atoms with van der Waals surface area (Å²) in [6.45, 7) is 0.499. The van der Waals surface area contributed by atoms with E-state index in [9.17, 15) is 8.42 Å². The van der Waals surface area contributed by atoms with Crippen molar-refractivity contribution < 1.29 is 8.42 Å². The van der Waals surface area contributed by atoms with E-state index >= 15 is 0 Å². The lowest BCUT2D eigenvalue weighted by molar-refractivity contribution is 0.530. The van der Waals surface area contributed by atoms with Crippen molar-refractivity contribution in [1.29, 1.82) is 0 Å². The molecular weight excluding hydrogens is 262 g/mol. The van der Waals surface area contributed by atoms with Gasteiger partial charge in [0, 0.05) is 6.04 Å². The van der Waals surface area contributed by atoms with Crippen LogP contribution in [0.3, 0.4) is 0 Å². The first-order valence-corrected chi connectivity index (χ1v) is 8.18. The number of hydrogen-bond acceptors (Lipinski definition) is 3. The fourth-order valence-corrected chi connectivity index (χ4v) is 3.79. The minimum Gasteiger partial charge on any atom is -0.370 e. The van der Waals surface area contributed by atoms with Crippen molar-refractivity contribution in [3.05, 3.63) is 35.9 Å². The molecule has 1 aromatic rings. The van der Waals surface area contributed by atoms with Gasteiger partial charge in [-0.15, -0.1) is 0 Å². The van der Waals surface area contributed by atoms with Gasteiger partial charge in [-0.2, -0.15) is 0 Å². The Labute approximate surface area is 113 Å². The first kappa shape index (κ1) is 13.9. The summed E-state index contributed by atoms with van der Waals surface area (Å²) in [5.74, 6) is 0.742. The third-order valence-corrected chi connectivity index (χ3v) is 4.91. The lowest BCUT2D eigenvalue weighted by atomic mass is 10.2. The average molecular weight is 281 g/mol. The van der Waals surface area contributed by atoms with Gasteiger partial charge in [-0.3, -0.25) is 0 Å². The second kappa shape index (κ2) is 6.06. The van der Waals surface area contributed by atoms with Crippen molar-refractivity contribution in [3.63, 3.8) is 0 Å². The molecule has 3 N–H and O–H groups in total. The maximum Gasteiger partial charge on any atom is 0.189 e. The summed E-state index contributed by atoms with van der Waals surface area (Å²) in [5, 5.41) is 2.99. The summed E-state index contributed by atoms with van der Waals surface area (Å²) >= 11 is 0. The summed E-state index contributed by atoms with van der Waals surface area (Å²) in [6.07, 6.45) is 1.51. The topological polar surface area (TPSA) is 84.5 Å². The fraction of sp³-hybridized carbons (Fsp3) is 0.462. The second-order valence-corrected chi connectivity index (χ2v) is 7.01. The van der Waals surface area contributed by atoms with E-state index in [1.807, 2.05) is 30.3 Å². The van der Waals surface area contributed by atoms with Gasteiger partial charge in [0.1, 0.15) is 0 Å². The number of nitrogens with two attached hydrogens (primary N) is 1. The summed E-state index contributed by atoms with van der Waals surface area (Å²) in [4.78, 5) is 4.22. The predicted molar refractivity (Wildman–Crippen MR) is 76.6 cm³/mol. The van der Waals surface area contributed by atoms with Crippen LogP contribution in [0.15, 0.2) is 35.3 Å². The lowest BCUT2D eigenvalue weighted by Crippen LogP contribution is -2.46. The molecule has 1 aliphatic heterocycles. The number of benzene rings is 1. The van der Waals surface area contributed by atoms with Crippen LogP contribution in [0.25, 0.3) is 0 Å². The van der Waals surface area contributed by atoms with Crippen molar-refractivity contribution in [2.75, 3.05) is 11.5 Å². The highest BCUT2D eigenvalue weighted by molar-refractivity contribution is 7.91. The molecule has 2 rings (SSSR count). The van der Waals surface area contributed by atoms with Crippen LogP contribution in [-0.4, -0.2) is 31.9 Å². The van der Waals surface area contributed by atoms with Crippen molar-refractivity contribution in [1.82, 2.24) is 5.32 Å². The SMILES string of the molecule is NC(=NCc1ccccc1)NC1CCCS(=O)(=O)C1. The molecule has 1 heterocycles. The van der Waals surface area contributed by atoms with Gasteiger partial charge in [0.2, 0.25) is 0 Å². The molecule has 0 amide bonds. The molecule has 104 valence electrons. The maximum atomic E-state index is 11.5. The van der Waals surface area contributed by atoms with Crippen molar-refractivity contribution in [2.24, 2.45) is 10.7 Å². The summed E-state index contributed by atoms with van der Waals surface area (Å²) in [5.41, 5.74) is 6.86. The van der Waals surface area contributed by atoms with Crippen LogP contribution in [0, 0.1) is 0 Å². The van der Waals surface area contributed by atoms with Gasteiger partial charge in [0.25, 0.3) is 0 Å². The summed E-state index contributed by atoms with van der Waals surface area (Å²) in [6, 6.07) is 9.67. The summed E-state index contributed by atoms with van der Waals surface area (Å²) in [7, 11) is -2.92. The standard InChI is InChI=1S/C13H19N3O2S/c14-13(15-9-11-5-2-1-3-6-11)16-12-7-4-8-19(17,18)10-12/h1-3,5-6,12H,4,7-10H2,(H3,14,15,16). The van der Waals surface area contributed by atoms with E-state index in [1.165, 1.54) is 0 Å². The van der Waals surface area contributed by atoms with Crippen LogP contribution in [0.4, 0.5) is 0 Å². The van der Waals surface area contributed by atoms with Gasteiger partial charge >= 0.3 is 0 Å². The van der Waals surface area contributed by atoms with E-state index in [-0.39, 0.29) is 17.5 Å². The number of nitrogens with one attached hydrogen (secondary N) is 1. The highest BCUT2D eigenvalue weighted by Crippen LogP contribution is 2.11. The number of rotatable bonds is 3. The zero-order valence-corrected chi connectivity index (χ0v) is 11.6. The van der Waals surface area contributed by atoms with E-state index in [2.05, 4.69) is 10.3 Å². The smallest absolute Gasteiger partial charge is 0.189 e. The van der Waals surface area contributed by atoms with Crippen molar-refractivity contribution in [3.8, 4) is 0 Å². The van der Waals surface area contributed by atoms with Gasteiger partial charge in [0.05, 0.1) is 18.1 Å². The molecule has 19 heavy (non-hydrogen) atoms. The Morgan fingerprint density at radius 3 is 2.79 bits per heavy atom. The molecule has 1 unspecified atom stereocenters. The molecule has 6 heteroatoms. The van der Waals surface area contributed by atoms with Crippen LogP contribution in [0.5, 0.6) is 0 Å². The van der Waals surface area contributed by atoms with Gasteiger partial charge in [-0.1, -0.05) is 30.3 Å². The predicted octanol–water partition coefficient (Wildman–Crippen LogP) is 0.668. The largest absolute Gasteiger partial charge is 0.370 e. The van der Waals surface area contributed by atoms with Gasteiger partial charge in [-0.25, -0.2) is 13.4 Å². The molecule has 1 atom stereocenters. The Morgan fingerprint density at radius 1 is 1.37 bits per heavy atom. The Balaban J connectivity index is 1.88.